The number of hydrogen-bond acceptors (Lipinski definition) is 6. The summed E-state index contributed by atoms with van der Waals surface area (Å²) < 4.78 is 25.0. The van der Waals surface area contributed by atoms with Crippen LogP contribution in [0.1, 0.15) is 12.7 Å². The topological polar surface area (TPSA) is 87.2 Å². The molecule has 1 heterocycles. The van der Waals surface area contributed by atoms with E-state index in [1.807, 2.05) is 32.0 Å². The Labute approximate surface area is 114 Å². The molecular weight excluding hydrogens is 266 g/mol. The van der Waals surface area contributed by atoms with Crippen LogP contribution >= 0.6 is 0 Å². The second kappa shape index (κ2) is 6.67. The Morgan fingerprint density at radius 2 is 1.95 bits per heavy atom. The Kier molecular flexibility index (Phi) is 5.49. The number of aryl methyl sites for hydroxylation is 1. The molecule has 108 valence electrons. The van der Waals surface area contributed by atoms with Crippen molar-refractivity contribution in [2.45, 2.75) is 13.8 Å². The van der Waals surface area contributed by atoms with E-state index in [1.165, 1.54) is 0 Å². The average Bonchev–Trinajstić information content (AvgIpc) is 2.34. The molecule has 1 aromatic rings. The third kappa shape index (κ3) is 5.39. The highest BCUT2D eigenvalue weighted by atomic mass is 32.2. The predicted octanol–water partition coefficient (Wildman–Crippen LogP) is 0.202. The number of aromatic nitrogens is 2. The lowest BCUT2D eigenvalue weighted by atomic mass is 10.4. The zero-order valence-electron chi connectivity index (χ0n) is 11.8. The van der Waals surface area contributed by atoms with Crippen LogP contribution in [0, 0.1) is 6.92 Å². The van der Waals surface area contributed by atoms with Gasteiger partial charge < -0.3 is 10.2 Å². The van der Waals surface area contributed by atoms with Gasteiger partial charge in [-0.3, -0.25) is 0 Å². The highest BCUT2D eigenvalue weighted by molar-refractivity contribution is 7.89. The molecule has 0 fully saturated rings. The molecule has 19 heavy (non-hydrogen) atoms. The van der Waals surface area contributed by atoms with Crippen molar-refractivity contribution in [2.24, 2.45) is 0 Å². The summed E-state index contributed by atoms with van der Waals surface area (Å²) in [5, 5.41) is 3.07. The molecule has 0 aromatic carbocycles. The van der Waals surface area contributed by atoms with Gasteiger partial charge in [0, 0.05) is 33.3 Å². The Morgan fingerprint density at radius 1 is 1.26 bits per heavy atom. The average molecular weight is 287 g/mol. The standard InChI is InChI=1S/C11H21N5O2S/c1-5-19(17,18)13-7-6-12-10-8-11(16(3)4)15-9(2)14-10/h8,13H,5-7H2,1-4H3,(H,12,14,15). The summed E-state index contributed by atoms with van der Waals surface area (Å²) in [6, 6.07) is 1.82. The van der Waals surface area contributed by atoms with Gasteiger partial charge in [-0.15, -0.1) is 0 Å². The van der Waals surface area contributed by atoms with Gasteiger partial charge in [-0.2, -0.15) is 0 Å². The monoisotopic (exact) mass is 287 g/mol. The van der Waals surface area contributed by atoms with Crippen molar-refractivity contribution in [3.05, 3.63) is 11.9 Å². The molecule has 0 aliphatic carbocycles. The lowest BCUT2D eigenvalue weighted by molar-refractivity contribution is 0.584. The lowest BCUT2D eigenvalue weighted by Gasteiger charge is -2.14. The predicted molar refractivity (Wildman–Crippen MR) is 77.0 cm³/mol. The van der Waals surface area contributed by atoms with E-state index in [4.69, 9.17) is 0 Å². The molecule has 0 saturated carbocycles. The van der Waals surface area contributed by atoms with Crippen LogP contribution in [0.4, 0.5) is 11.6 Å². The largest absolute Gasteiger partial charge is 0.369 e. The van der Waals surface area contributed by atoms with Crippen molar-refractivity contribution >= 4 is 21.7 Å². The van der Waals surface area contributed by atoms with Gasteiger partial charge in [0.1, 0.15) is 17.5 Å². The van der Waals surface area contributed by atoms with Gasteiger partial charge in [0.15, 0.2) is 0 Å². The molecule has 0 unspecified atom stereocenters. The minimum Gasteiger partial charge on any atom is -0.369 e. The highest BCUT2D eigenvalue weighted by Gasteiger charge is 2.06. The van der Waals surface area contributed by atoms with E-state index >= 15 is 0 Å². The van der Waals surface area contributed by atoms with Crippen LogP contribution in [0.15, 0.2) is 6.07 Å². The first-order valence-corrected chi connectivity index (χ1v) is 7.73. The van der Waals surface area contributed by atoms with E-state index in [-0.39, 0.29) is 5.75 Å². The lowest BCUT2D eigenvalue weighted by Crippen LogP contribution is -2.30. The summed E-state index contributed by atoms with van der Waals surface area (Å²) in [7, 11) is 0.673. The minimum absolute atomic E-state index is 0.0877. The molecule has 1 aromatic heterocycles. The maximum atomic E-state index is 11.2. The van der Waals surface area contributed by atoms with Crippen LogP contribution in [-0.4, -0.2) is 51.3 Å². The molecule has 0 radical (unpaired) electrons. The second-order valence-electron chi connectivity index (χ2n) is 4.28. The fourth-order valence-electron chi connectivity index (χ4n) is 1.37. The Balaban J connectivity index is 2.54. The summed E-state index contributed by atoms with van der Waals surface area (Å²) in [5.74, 6) is 2.25. The van der Waals surface area contributed by atoms with E-state index in [1.54, 1.807) is 6.92 Å². The van der Waals surface area contributed by atoms with Crippen molar-refractivity contribution in [3.63, 3.8) is 0 Å². The fourth-order valence-corrected chi connectivity index (χ4v) is 1.99. The first kappa shape index (κ1) is 15.6. The van der Waals surface area contributed by atoms with Crippen LogP contribution in [0.25, 0.3) is 0 Å². The van der Waals surface area contributed by atoms with E-state index in [0.717, 1.165) is 5.82 Å². The minimum atomic E-state index is -3.13. The van der Waals surface area contributed by atoms with Crippen molar-refractivity contribution in [1.82, 2.24) is 14.7 Å². The van der Waals surface area contributed by atoms with E-state index in [0.29, 0.717) is 24.7 Å². The van der Waals surface area contributed by atoms with E-state index < -0.39 is 10.0 Å². The maximum absolute atomic E-state index is 11.2. The third-order valence-electron chi connectivity index (χ3n) is 2.42. The first-order chi connectivity index (χ1) is 8.84. The molecule has 0 aliphatic heterocycles. The third-order valence-corrected chi connectivity index (χ3v) is 3.82. The molecule has 7 nitrogen and oxygen atoms in total. The van der Waals surface area contributed by atoms with Gasteiger partial charge >= 0.3 is 0 Å². The molecule has 1 rings (SSSR count). The normalized spacial score (nSPS) is 11.4. The summed E-state index contributed by atoms with van der Waals surface area (Å²) in [6.45, 7) is 4.23. The highest BCUT2D eigenvalue weighted by Crippen LogP contribution is 2.12. The van der Waals surface area contributed by atoms with Crippen molar-refractivity contribution in [3.8, 4) is 0 Å². The van der Waals surface area contributed by atoms with Gasteiger partial charge in [0.25, 0.3) is 0 Å². The van der Waals surface area contributed by atoms with Gasteiger partial charge in [0.05, 0.1) is 5.75 Å². The van der Waals surface area contributed by atoms with Gasteiger partial charge in [0.2, 0.25) is 10.0 Å². The zero-order chi connectivity index (χ0) is 14.5. The number of hydrogen-bond donors (Lipinski definition) is 2. The van der Waals surface area contributed by atoms with Crippen LogP contribution in [0.5, 0.6) is 0 Å². The molecule has 0 amide bonds. The Morgan fingerprint density at radius 3 is 2.53 bits per heavy atom. The number of nitrogens with one attached hydrogen (secondary N) is 2. The van der Waals surface area contributed by atoms with Crippen molar-refractivity contribution in [2.75, 3.05) is 43.2 Å². The number of rotatable bonds is 7. The molecule has 0 saturated heterocycles. The van der Waals surface area contributed by atoms with Crippen LogP contribution < -0.4 is 14.9 Å². The molecule has 0 aliphatic rings. The molecular formula is C11H21N5O2S. The summed E-state index contributed by atoms with van der Waals surface area (Å²) in [6.07, 6.45) is 0. The van der Waals surface area contributed by atoms with Crippen molar-refractivity contribution in [1.29, 1.82) is 0 Å². The molecule has 0 bridgehead atoms. The summed E-state index contributed by atoms with van der Waals surface area (Å²) >= 11 is 0. The molecule has 8 heteroatoms. The van der Waals surface area contributed by atoms with Crippen LogP contribution in [0.2, 0.25) is 0 Å². The molecule has 2 N–H and O–H groups in total. The van der Waals surface area contributed by atoms with Gasteiger partial charge in [-0.25, -0.2) is 23.1 Å². The van der Waals surface area contributed by atoms with Crippen molar-refractivity contribution < 1.29 is 8.42 Å². The Bertz CT molecular complexity index is 516. The maximum Gasteiger partial charge on any atom is 0.211 e. The second-order valence-corrected chi connectivity index (χ2v) is 6.37. The van der Waals surface area contributed by atoms with Gasteiger partial charge in [-0.1, -0.05) is 0 Å². The molecule has 0 atom stereocenters. The number of anilines is 2. The van der Waals surface area contributed by atoms with Crippen LogP contribution in [-0.2, 0) is 10.0 Å². The number of nitrogens with zero attached hydrogens (tertiary/aromatic N) is 3. The zero-order valence-corrected chi connectivity index (χ0v) is 12.6. The SMILES string of the molecule is CCS(=O)(=O)NCCNc1cc(N(C)C)nc(C)n1. The first-order valence-electron chi connectivity index (χ1n) is 6.08. The Hall–Kier alpha value is -1.41. The quantitative estimate of drug-likeness (QED) is 0.697. The fraction of sp³-hybridized carbons (Fsp3) is 0.636. The summed E-state index contributed by atoms with van der Waals surface area (Å²) in [5.41, 5.74) is 0. The van der Waals surface area contributed by atoms with E-state index in [2.05, 4.69) is 20.0 Å². The number of sulfonamides is 1. The van der Waals surface area contributed by atoms with E-state index in [9.17, 15) is 8.42 Å². The molecule has 0 spiro atoms. The van der Waals surface area contributed by atoms with Gasteiger partial charge in [-0.05, 0) is 13.8 Å². The summed E-state index contributed by atoms with van der Waals surface area (Å²) in [4.78, 5) is 10.4. The smallest absolute Gasteiger partial charge is 0.211 e. The van der Waals surface area contributed by atoms with Crippen LogP contribution in [0.3, 0.4) is 0 Å².